The summed E-state index contributed by atoms with van der Waals surface area (Å²) in [6, 6.07) is 8.50. The van der Waals surface area contributed by atoms with Gasteiger partial charge in [0.15, 0.2) is 0 Å². The third-order valence-corrected chi connectivity index (χ3v) is 3.08. The van der Waals surface area contributed by atoms with Crippen LogP contribution in [0.15, 0.2) is 24.3 Å². The lowest BCUT2D eigenvalue weighted by atomic mass is 10.0. The number of aromatic amines is 1. The highest BCUT2D eigenvalue weighted by Gasteiger charge is 2.11. The second-order valence-corrected chi connectivity index (χ2v) is 4.65. The average Bonchev–Trinajstić information content (AvgIpc) is 2.71. The van der Waals surface area contributed by atoms with Crippen LogP contribution < -0.4 is 10.6 Å². The monoisotopic (exact) mass is 244 g/mol. The van der Waals surface area contributed by atoms with E-state index in [9.17, 15) is 0 Å². The molecule has 0 unspecified atom stereocenters. The van der Waals surface area contributed by atoms with Gasteiger partial charge in [-0.2, -0.15) is 5.10 Å². The van der Waals surface area contributed by atoms with Crippen LogP contribution in [0.3, 0.4) is 0 Å². The molecular weight excluding hydrogens is 224 g/mol. The fourth-order valence-electron chi connectivity index (χ4n) is 2.11. The summed E-state index contributed by atoms with van der Waals surface area (Å²) in [6.07, 6.45) is 0.801. The van der Waals surface area contributed by atoms with Gasteiger partial charge in [-0.05, 0) is 31.2 Å². The Hall–Kier alpha value is -1.81. The van der Waals surface area contributed by atoms with Crippen molar-refractivity contribution in [3.8, 4) is 11.1 Å². The predicted molar refractivity (Wildman–Crippen MR) is 75.8 cm³/mol. The van der Waals surface area contributed by atoms with Crippen LogP contribution in [0, 0.1) is 6.92 Å². The topological polar surface area (TPSA) is 57.9 Å². The third kappa shape index (κ3) is 2.38. The molecule has 0 fully saturated rings. The molecule has 4 nitrogen and oxygen atoms in total. The SMILES string of the molecule is Cc1[nH]nc(CCN)c1-c1ccc(N(C)C)cc1. The molecule has 0 amide bonds. The first kappa shape index (κ1) is 12.6. The van der Waals surface area contributed by atoms with Crippen LogP contribution in [0.4, 0.5) is 5.69 Å². The Kier molecular flexibility index (Phi) is 3.67. The molecule has 96 valence electrons. The zero-order valence-corrected chi connectivity index (χ0v) is 11.2. The maximum absolute atomic E-state index is 5.62. The van der Waals surface area contributed by atoms with Crippen LogP contribution in [-0.2, 0) is 6.42 Å². The van der Waals surface area contributed by atoms with Gasteiger partial charge in [-0.3, -0.25) is 5.10 Å². The fraction of sp³-hybridized carbons (Fsp3) is 0.357. The first-order valence-corrected chi connectivity index (χ1v) is 6.15. The summed E-state index contributed by atoms with van der Waals surface area (Å²) in [5.74, 6) is 0. The van der Waals surface area contributed by atoms with Crippen molar-refractivity contribution >= 4 is 5.69 Å². The highest BCUT2D eigenvalue weighted by molar-refractivity contribution is 5.70. The minimum Gasteiger partial charge on any atom is -0.378 e. The first-order chi connectivity index (χ1) is 8.63. The minimum absolute atomic E-state index is 0.618. The van der Waals surface area contributed by atoms with Crippen molar-refractivity contribution in [2.24, 2.45) is 5.73 Å². The number of hydrogen-bond acceptors (Lipinski definition) is 3. The largest absolute Gasteiger partial charge is 0.378 e. The van der Waals surface area contributed by atoms with Gasteiger partial charge in [0, 0.05) is 37.5 Å². The lowest BCUT2D eigenvalue weighted by Gasteiger charge is -2.13. The van der Waals surface area contributed by atoms with Crippen LogP contribution >= 0.6 is 0 Å². The van der Waals surface area contributed by atoms with Crippen molar-refractivity contribution in [1.82, 2.24) is 10.2 Å². The van der Waals surface area contributed by atoms with Gasteiger partial charge in [-0.15, -0.1) is 0 Å². The summed E-state index contributed by atoms with van der Waals surface area (Å²) in [4.78, 5) is 2.09. The van der Waals surface area contributed by atoms with Crippen molar-refractivity contribution in [2.75, 3.05) is 25.5 Å². The summed E-state index contributed by atoms with van der Waals surface area (Å²) in [5, 5.41) is 7.37. The van der Waals surface area contributed by atoms with Gasteiger partial charge < -0.3 is 10.6 Å². The molecule has 2 aromatic rings. The molecule has 0 saturated carbocycles. The summed E-state index contributed by atoms with van der Waals surface area (Å²) in [5.41, 5.74) is 11.3. The van der Waals surface area contributed by atoms with Crippen LogP contribution in [0.2, 0.25) is 0 Å². The molecule has 1 aromatic carbocycles. The number of nitrogens with one attached hydrogen (secondary N) is 1. The number of H-pyrrole nitrogens is 1. The molecule has 18 heavy (non-hydrogen) atoms. The molecule has 3 N–H and O–H groups in total. The van der Waals surface area contributed by atoms with Gasteiger partial charge in [0.25, 0.3) is 0 Å². The van der Waals surface area contributed by atoms with Gasteiger partial charge in [0.2, 0.25) is 0 Å². The zero-order valence-electron chi connectivity index (χ0n) is 11.2. The van der Waals surface area contributed by atoms with E-state index in [0.717, 1.165) is 17.8 Å². The van der Waals surface area contributed by atoms with E-state index in [2.05, 4.69) is 39.4 Å². The van der Waals surface area contributed by atoms with E-state index in [0.29, 0.717) is 6.54 Å². The molecular formula is C14H20N4. The maximum atomic E-state index is 5.62. The standard InChI is InChI=1S/C14H20N4/c1-10-14(13(8-9-15)17-16-10)11-4-6-12(7-5-11)18(2)3/h4-7H,8-9,15H2,1-3H3,(H,16,17). The van der Waals surface area contributed by atoms with Gasteiger partial charge in [-0.1, -0.05) is 12.1 Å². The molecule has 1 heterocycles. The molecule has 0 aliphatic carbocycles. The van der Waals surface area contributed by atoms with E-state index in [-0.39, 0.29) is 0 Å². The van der Waals surface area contributed by atoms with Gasteiger partial charge in [0.1, 0.15) is 0 Å². The van der Waals surface area contributed by atoms with E-state index in [4.69, 9.17) is 5.73 Å². The Bertz CT molecular complexity index is 511. The van der Waals surface area contributed by atoms with Crippen LogP contribution in [-0.4, -0.2) is 30.8 Å². The molecule has 0 atom stereocenters. The van der Waals surface area contributed by atoms with Crippen molar-refractivity contribution in [3.05, 3.63) is 35.7 Å². The number of aryl methyl sites for hydroxylation is 1. The Morgan fingerprint density at radius 3 is 2.44 bits per heavy atom. The molecule has 0 spiro atoms. The molecule has 2 rings (SSSR count). The second kappa shape index (κ2) is 5.23. The Morgan fingerprint density at radius 1 is 1.22 bits per heavy atom. The highest BCUT2D eigenvalue weighted by Crippen LogP contribution is 2.27. The van der Waals surface area contributed by atoms with Crippen molar-refractivity contribution in [3.63, 3.8) is 0 Å². The van der Waals surface area contributed by atoms with E-state index in [1.807, 2.05) is 21.0 Å². The highest BCUT2D eigenvalue weighted by atomic mass is 15.1. The molecule has 0 saturated heterocycles. The average molecular weight is 244 g/mol. The third-order valence-electron chi connectivity index (χ3n) is 3.08. The second-order valence-electron chi connectivity index (χ2n) is 4.65. The normalized spacial score (nSPS) is 10.7. The number of hydrogen-bond donors (Lipinski definition) is 2. The van der Waals surface area contributed by atoms with E-state index in [1.165, 1.54) is 16.8 Å². The maximum Gasteiger partial charge on any atom is 0.0715 e. The predicted octanol–water partition coefficient (Wildman–Crippen LogP) is 1.95. The summed E-state index contributed by atoms with van der Waals surface area (Å²) in [7, 11) is 4.08. The van der Waals surface area contributed by atoms with Crippen molar-refractivity contribution in [1.29, 1.82) is 0 Å². The van der Waals surface area contributed by atoms with Crippen molar-refractivity contribution < 1.29 is 0 Å². The van der Waals surface area contributed by atoms with Gasteiger partial charge >= 0.3 is 0 Å². The van der Waals surface area contributed by atoms with Gasteiger partial charge in [0.05, 0.1) is 5.69 Å². The van der Waals surface area contributed by atoms with Crippen molar-refractivity contribution in [2.45, 2.75) is 13.3 Å². The van der Waals surface area contributed by atoms with E-state index < -0.39 is 0 Å². The Morgan fingerprint density at radius 2 is 1.89 bits per heavy atom. The van der Waals surface area contributed by atoms with Gasteiger partial charge in [-0.25, -0.2) is 0 Å². The minimum atomic E-state index is 0.618. The van der Waals surface area contributed by atoms with E-state index in [1.54, 1.807) is 0 Å². The molecule has 0 bridgehead atoms. The first-order valence-electron chi connectivity index (χ1n) is 6.15. The van der Waals surface area contributed by atoms with Crippen LogP contribution in [0.1, 0.15) is 11.4 Å². The molecule has 4 heteroatoms. The Balaban J connectivity index is 2.38. The number of anilines is 1. The smallest absolute Gasteiger partial charge is 0.0715 e. The number of rotatable bonds is 4. The number of nitrogens with two attached hydrogens (primary N) is 1. The number of nitrogens with zero attached hydrogens (tertiary/aromatic N) is 2. The lowest BCUT2D eigenvalue weighted by molar-refractivity contribution is 0.899. The molecule has 1 aromatic heterocycles. The Labute approximate surface area is 108 Å². The zero-order chi connectivity index (χ0) is 13.1. The van der Waals surface area contributed by atoms with Crippen LogP contribution in [0.25, 0.3) is 11.1 Å². The summed E-state index contributed by atoms with van der Waals surface area (Å²) < 4.78 is 0. The fourth-order valence-corrected chi connectivity index (χ4v) is 2.11. The number of aromatic nitrogens is 2. The summed E-state index contributed by atoms with van der Waals surface area (Å²) in [6.45, 7) is 2.66. The van der Waals surface area contributed by atoms with E-state index >= 15 is 0 Å². The molecule has 0 aliphatic heterocycles. The number of benzene rings is 1. The lowest BCUT2D eigenvalue weighted by Crippen LogP contribution is -2.08. The van der Waals surface area contributed by atoms with Crippen LogP contribution in [0.5, 0.6) is 0 Å². The quantitative estimate of drug-likeness (QED) is 0.864. The molecule has 0 radical (unpaired) electrons. The summed E-state index contributed by atoms with van der Waals surface area (Å²) >= 11 is 0. The molecule has 0 aliphatic rings.